The first-order valence-electron chi connectivity index (χ1n) is 6.62. The molecule has 1 aromatic heterocycles. The summed E-state index contributed by atoms with van der Waals surface area (Å²) in [4.78, 5) is 0. The maximum atomic E-state index is 14.6. The number of hydrogen-bond acceptors (Lipinski definition) is 2. The monoisotopic (exact) mass is 239 g/mol. The summed E-state index contributed by atoms with van der Waals surface area (Å²) < 4.78 is 16.6. The van der Waals surface area contributed by atoms with E-state index >= 15 is 0 Å². The Kier molecular flexibility index (Phi) is 3.82. The van der Waals surface area contributed by atoms with E-state index in [1.807, 2.05) is 4.68 Å². The normalized spacial score (nSPS) is 19.5. The summed E-state index contributed by atoms with van der Waals surface area (Å²) in [6, 6.07) is 2.06. The number of rotatable bonds is 4. The lowest BCUT2D eigenvalue weighted by molar-refractivity contribution is 0.113. The van der Waals surface area contributed by atoms with Gasteiger partial charge in [0.15, 0.2) is 0 Å². The second-order valence-corrected chi connectivity index (χ2v) is 4.87. The van der Waals surface area contributed by atoms with Crippen molar-refractivity contribution in [3.8, 4) is 0 Å². The van der Waals surface area contributed by atoms with Crippen molar-refractivity contribution in [2.45, 2.75) is 51.7 Å². The fourth-order valence-electron chi connectivity index (χ4n) is 2.48. The minimum atomic E-state index is -1.04. The molecule has 0 atom stereocenters. The van der Waals surface area contributed by atoms with E-state index in [9.17, 15) is 4.39 Å². The lowest BCUT2D eigenvalue weighted by atomic mass is 9.89. The molecule has 4 heteroatoms. The van der Waals surface area contributed by atoms with Gasteiger partial charge in [-0.1, -0.05) is 6.92 Å². The number of halogens is 1. The number of piperidine rings is 1. The smallest absolute Gasteiger partial charge is 0.119 e. The molecule has 0 unspecified atom stereocenters. The number of alkyl halides is 1. The van der Waals surface area contributed by atoms with Crippen LogP contribution in [0, 0.1) is 0 Å². The average molecular weight is 239 g/mol. The second-order valence-electron chi connectivity index (χ2n) is 4.87. The van der Waals surface area contributed by atoms with Crippen LogP contribution in [0.5, 0.6) is 0 Å². The van der Waals surface area contributed by atoms with Gasteiger partial charge in [-0.2, -0.15) is 5.10 Å². The van der Waals surface area contributed by atoms with Gasteiger partial charge in [0.2, 0.25) is 0 Å². The van der Waals surface area contributed by atoms with Crippen molar-refractivity contribution in [1.29, 1.82) is 0 Å². The number of aromatic nitrogens is 2. The van der Waals surface area contributed by atoms with E-state index in [0.29, 0.717) is 19.3 Å². The third-order valence-corrected chi connectivity index (χ3v) is 3.57. The van der Waals surface area contributed by atoms with Crippen molar-refractivity contribution in [3.63, 3.8) is 0 Å². The first-order chi connectivity index (χ1) is 8.17. The van der Waals surface area contributed by atoms with Gasteiger partial charge in [0.05, 0.1) is 5.69 Å². The molecule has 1 aromatic rings. The van der Waals surface area contributed by atoms with E-state index < -0.39 is 5.67 Å². The first-order valence-corrected chi connectivity index (χ1v) is 6.62. The maximum Gasteiger partial charge on any atom is 0.119 e. The Balaban J connectivity index is 2.13. The minimum absolute atomic E-state index is 0.509. The summed E-state index contributed by atoms with van der Waals surface area (Å²) in [5, 5.41) is 7.69. The number of aryl methyl sites for hydroxylation is 2. The van der Waals surface area contributed by atoms with Crippen LogP contribution in [0.1, 0.15) is 38.1 Å². The molecule has 1 saturated heterocycles. The van der Waals surface area contributed by atoms with E-state index in [4.69, 9.17) is 0 Å². The van der Waals surface area contributed by atoms with Gasteiger partial charge < -0.3 is 5.32 Å². The largest absolute Gasteiger partial charge is 0.316 e. The summed E-state index contributed by atoms with van der Waals surface area (Å²) in [5.74, 6) is 0. The maximum absolute atomic E-state index is 14.6. The molecule has 1 aliphatic heterocycles. The summed E-state index contributed by atoms with van der Waals surface area (Å²) in [7, 11) is 0. The molecule has 1 N–H and O–H groups in total. The topological polar surface area (TPSA) is 29.9 Å². The Hall–Kier alpha value is -0.900. The van der Waals surface area contributed by atoms with Gasteiger partial charge in [-0.25, -0.2) is 4.39 Å². The molecule has 17 heavy (non-hydrogen) atoms. The van der Waals surface area contributed by atoms with E-state index in [1.165, 1.54) is 0 Å². The number of nitrogens with zero attached hydrogens (tertiary/aromatic N) is 2. The molecule has 3 nitrogen and oxygen atoms in total. The third kappa shape index (κ3) is 2.86. The molecular formula is C13H22FN3. The molecule has 2 heterocycles. The summed E-state index contributed by atoms with van der Waals surface area (Å²) in [5.41, 5.74) is 1.08. The molecule has 0 saturated carbocycles. The van der Waals surface area contributed by atoms with Crippen LogP contribution in [-0.2, 0) is 19.4 Å². The van der Waals surface area contributed by atoms with Crippen molar-refractivity contribution < 1.29 is 4.39 Å². The van der Waals surface area contributed by atoms with Gasteiger partial charge in [0.25, 0.3) is 0 Å². The highest BCUT2D eigenvalue weighted by atomic mass is 19.1. The van der Waals surface area contributed by atoms with Gasteiger partial charge >= 0.3 is 0 Å². The molecule has 1 aliphatic rings. The Morgan fingerprint density at radius 1 is 1.41 bits per heavy atom. The van der Waals surface area contributed by atoms with Crippen molar-refractivity contribution >= 4 is 0 Å². The quantitative estimate of drug-likeness (QED) is 0.872. The zero-order valence-electron chi connectivity index (χ0n) is 10.8. The summed E-state index contributed by atoms with van der Waals surface area (Å²) in [6.45, 7) is 6.55. The van der Waals surface area contributed by atoms with Crippen LogP contribution >= 0.6 is 0 Å². The van der Waals surface area contributed by atoms with Crippen molar-refractivity contribution in [2.75, 3.05) is 13.1 Å². The number of hydrogen-bond donors (Lipinski definition) is 1. The molecule has 0 amide bonds. The molecule has 0 radical (unpaired) electrons. The zero-order valence-corrected chi connectivity index (χ0v) is 10.8. The lowest BCUT2D eigenvalue weighted by Gasteiger charge is -2.30. The predicted molar refractivity (Wildman–Crippen MR) is 66.9 cm³/mol. The van der Waals surface area contributed by atoms with Crippen LogP contribution in [0.4, 0.5) is 4.39 Å². The van der Waals surface area contributed by atoms with Crippen LogP contribution in [0.15, 0.2) is 6.07 Å². The average Bonchev–Trinajstić information content (AvgIpc) is 2.71. The van der Waals surface area contributed by atoms with Gasteiger partial charge in [-0.3, -0.25) is 4.68 Å². The predicted octanol–water partition coefficient (Wildman–Crippen LogP) is 2.10. The minimum Gasteiger partial charge on any atom is -0.316 e. The molecule has 96 valence electrons. The lowest BCUT2D eigenvalue weighted by Crippen LogP contribution is -2.40. The summed E-state index contributed by atoms with van der Waals surface area (Å²) >= 11 is 0. The number of nitrogens with one attached hydrogen (secondary N) is 1. The van der Waals surface area contributed by atoms with Crippen LogP contribution < -0.4 is 5.32 Å². The highest BCUT2D eigenvalue weighted by Crippen LogP contribution is 2.28. The van der Waals surface area contributed by atoms with Crippen molar-refractivity contribution in [1.82, 2.24) is 15.1 Å². The van der Waals surface area contributed by atoms with Gasteiger partial charge in [-0.15, -0.1) is 0 Å². The van der Waals surface area contributed by atoms with Crippen molar-refractivity contribution in [2.24, 2.45) is 0 Å². The highest BCUT2D eigenvalue weighted by molar-refractivity contribution is 5.13. The zero-order chi connectivity index (χ0) is 12.3. The van der Waals surface area contributed by atoms with Gasteiger partial charge in [0.1, 0.15) is 5.67 Å². The van der Waals surface area contributed by atoms with E-state index in [-0.39, 0.29) is 0 Å². The molecule has 0 aliphatic carbocycles. The fraction of sp³-hybridized carbons (Fsp3) is 0.769. The second kappa shape index (κ2) is 5.17. The van der Waals surface area contributed by atoms with Crippen molar-refractivity contribution in [3.05, 3.63) is 17.5 Å². The Bertz CT molecular complexity index is 367. The molecule has 0 bridgehead atoms. The van der Waals surface area contributed by atoms with E-state index in [2.05, 4.69) is 30.3 Å². The Labute approximate surface area is 102 Å². The Morgan fingerprint density at radius 2 is 2.12 bits per heavy atom. The van der Waals surface area contributed by atoms with Crippen LogP contribution in [0.25, 0.3) is 0 Å². The molecular weight excluding hydrogens is 217 g/mol. The summed E-state index contributed by atoms with van der Waals surface area (Å²) in [6.07, 6.45) is 2.66. The van der Waals surface area contributed by atoms with Crippen LogP contribution in [0.2, 0.25) is 0 Å². The van der Waals surface area contributed by atoms with E-state index in [1.54, 1.807) is 0 Å². The van der Waals surface area contributed by atoms with E-state index in [0.717, 1.165) is 37.4 Å². The van der Waals surface area contributed by atoms with Gasteiger partial charge in [0, 0.05) is 18.7 Å². The molecule has 0 spiro atoms. The standard InChI is InChI=1S/C13H22FN3/c1-3-11-9-12(17(4-2)16-11)10-13(14)5-7-15-8-6-13/h9,15H,3-8,10H2,1-2H3. The fourth-order valence-corrected chi connectivity index (χ4v) is 2.48. The first kappa shape index (κ1) is 12.6. The SMILES string of the molecule is CCc1cc(CC2(F)CCNCC2)n(CC)n1. The van der Waals surface area contributed by atoms with Crippen LogP contribution in [0.3, 0.4) is 0 Å². The van der Waals surface area contributed by atoms with Gasteiger partial charge in [-0.05, 0) is 45.3 Å². The Morgan fingerprint density at radius 3 is 2.71 bits per heavy atom. The molecule has 0 aromatic carbocycles. The van der Waals surface area contributed by atoms with Crippen LogP contribution in [-0.4, -0.2) is 28.5 Å². The highest BCUT2D eigenvalue weighted by Gasteiger charge is 2.33. The molecule has 1 fully saturated rings. The molecule has 2 rings (SSSR count). The third-order valence-electron chi connectivity index (χ3n) is 3.57.